The molecular formula is C22H29N5O4S. The van der Waals surface area contributed by atoms with Crippen LogP contribution >= 0.6 is 11.3 Å². The fourth-order valence-electron chi connectivity index (χ4n) is 4.18. The fraction of sp³-hybridized carbons (Fsp3) is 0.545. The number of benzene rings is 1. The van der Waals surface area contributed by atoms with Crippen LogP contribution in [-0.2, 0) is 16.0 Å². The van der Waals surface area contributed by atoms with Gasteiger partial charge in [-0.15, -0.1) is 10.2 Å². The summed E-state index contributed by atoms with van der Waals surface area (Å²) in [5.41, 5.74) is 1.02. The number of aromatic nitrogens is 2. The highest BCUT2D eigenvalue weighted by Gasteiger charge is 2.30. The van der Waals surface area contributed by atoms with E-state index in [4.69, 9.17) is 9.47 Å². The summed E-state index contributed by atoms with van der Waals surface area (Å²) in [5, 5.41) is 13.0. The highest BCUT2D eigenvalue weighted by molar-refractivity contribution is 7.19. The average Bonchev–Trinajstić information content (AvgIpc) is 3.48. The molecule has 0 radical (unpaired) electrons. The van der Waals surface area contributed by atoms with Crippen molar-refractivity contribution in [1.29, 1.82) is 0 Å². The smallest absolute Gasteiger partial charge is 0.228 e. The number of anilines is 2. The van der Waals surface area contributed by atoms with Crippen LogP contribution in [0.3, 0.4) is 0 Å². The second-order valence-corrected chi connectivity index (χ2v) is 8.95. The van der Waals surface area contributed by atoms with Gasteiger partial charge in [0.1, 0.15) is 11.5 Å². The third-order valence-corrected chi connectivity index (χ3v) is 6.97. The number of hydrogen-bond donors (Lipinski definition) is 1. The van der Waals surface area contributed by atoms with Crippen LogP contribution in [0, 0.1) is 5.92 Å². The van der Waals surface area contributed by atoms with E-state index in [9.17, 15) is 9.59 Å². The summed E-state index contributed by atoms with van der Waals surface area (Å²) in [7, 11) is 3.25. The Morgan fingerprint density at radius 1 is 1.19 bits per heavy atom. The Morgan fingerprint density at radius 2 is 2.03 bits per heavy atom. The van der Waals surface area contributed by atoms with Crippen LogP contribution < -0.4 is 24.6 Å². The number of nitrogens with one attached hydrogen (secondary N) is 1. The van der Waals surface area contributed by atoms with Gasteiger partial charge in [-0.2, -0.15) is 0 Å². The number of piperidine rings is 1. The molecule has 2 fully saturated rings. The predicted octanol–water partition coefficient (Wildman–Crippen LogP) is 2.26. The molecule has 2 aliphatic rings. The van der Waals surface area contributed by atoms with E-state index in [-0.39, 0.29) is 17.7 Å². The zero-order valence-electron chi connectivity index (χ0n) is 18.5. The Hall–Kier alpha value is -2.88. The molecular weight excluding hydrogens is 430 g/mol. The average molecular weight is 460 g/mol. The standard InChI is InChI=1S/C22H29N5O4S/c1-30-17-8-7-15(18(13-17)31-2)9-10-23-20(29)16-5-3-11-26(14-16)21-24-25-22(32-21)27-12-4-6-19(27)28/h7-8,13,16H,3-6,9-12,14H2,1-2H3,(H,23,29)/t16-/m0/s1. The molecule has 0 unspecified atom stereocenters. The van der Waals surface area contributed by atoms with Crippen molar-refractivity contribution in [3.8, 4) is 11.5 Å². The number of hydrogen-bond acceptors (Lipinski definition) is 8. The molecule has 3 heterocycles. The summed E-state index contributed by atoms with van der Waals surface area (Å²) in [5.74, 6) is 1.57. The summed E-state index contributed by atoms with van der Waals surface area (Å²) in [6.07, 6.45) is 3.89. The quantitative estimate of drug-likeness (QED) is 0.647. The van der Waals surface area contributed by atoms with Crippen molar-refractivity contribution in [3.63, 3.8) is 0 Å². The molecule has 1 aromatic heterocycles. The third kappa shape index (κ3) is 4.95. The SMILES string of the molecule is COc1ccc(CCNC(=O)[C@H]2CCCN(c3nnc(N4CCCC4=O)s3)C2)c(OC)c1. The highest BCUT2D eigenvalue weighted by Crippen LogP contribution is 2.32. The minimum atomic E-state index is -0.0951. The van der Waals surface area contributed by atoms with Gasteiger partial charge in [0.05, 0.1) is 20.1 Å². The van der Waals surface area contributed by atoms with Crippen LogP contribution in [0.25, 0.3) is 0 Å². The molecule has 0 bridgehead atoms. The van der Waals surface area contributed by atoms with Crippen LogP contribution in [-0.4, -0.2) is 62.4 Å². The van der Waals surface area contributed by atoms with E-state index < -0.39 is 0 Å². The molecule has 0 saturated carbocycles. The molecule has 172 valence electrons. The molecule has 1 N–H and O–H groups in total. The second-order valence-electron chi connectivity index (χ2n) is 8.02. The molecule has 2 aromatic rings. The first-order valence-electron chi connectivity index (χ1n) is 11.0. The lowest BCUT2D eigenvalue weighted by molar-refractivity contribution is -0.125. The molecule has 4 rings (SSSR count). The molecule has 2 aliphatic heterocycles. The van der Waals surface area contributed by atoms with Gasteiger partial charge in [-0.1, -0.05) is 17.4 Å². The van der Waals surface area contributed by atoms with Gasteiger partial charge >= 0.3 is 0 Å². The molecule has 0 aliphatic carbocycles. The molecule has 1 atom stereocenters. The van der Waals surface area contributed by atoms with Crippen molar-refractivity contribution < 1.29 is 19.1 Å². The summed E-state index contributed by atoms with van der Waals surface area (Å²) in [4.78, 5) is 28.6. The number of methoxy groups -OCH3 is 2. The maximum atomic E-state index is 12.8. The van der Waals surface area contributed by atoms with E-state index in [1.54, 1.807) is 19.1 Å². The lowest BCUT2D eigenvalue weighted by atomic mass is 9.97. The zero-order valence-corrected chi connectivity index (χ0v) is 19.3. The molecule has 2 amide bonds. The number of carbonyl (C=O) groups excluding carboxylic acids is 2. The Balaban J connectivity index is 1.30. The predicted molar refractivity (Wildman–Crippen MR) is 123 cm³/mol. The van der Waals surface area contributed by atoms with Gasteiger partial charge in [-0.3, -0.25) is 14.5 Å². The minimum Gasteiger partial charge on any atom is -0.497 e. The molecule has 2 saturated heterocycles. The van der Waals surface area contributed by atoms with Crippen molar-refractivity contribution in [2.45, 2.75) is 32.1 Å². The van der Waals surface area contributed by atoms with E-state index in [2.05, 4.69) is 20.4 Å². The Bertz CT molecular complexity index is 966. The lowest BCUT2D eigenvalue weighted by Crippen LogP contribution is -2.43. The van der Waals surface area contributed by atoms with E-state index in [0.29, 0.717) is 37.6 Å². The van der Waals surface area contributed by atoms with E-state index >= 15 is 0 Å². The van der Waals surface area contributed by atoms with E-state index in [1.807, 2.05) is 18.2 Å². The number of ether oxygens (including phenoxy) is 2. The molecule has 32 heavy (non-hydrogen) atoms. The number of amides is 2. The third-order valence-electron chi connectivity index (χ3n) is 5.96. The van der Waals surface area contributed by atoms with Gasteiger partial charge in [0, 0.05) is 38.7 Å². The molecule has 1 aromatic carbocycles. The van der Waals surface area contributed by atoms with Crippen molar-refractivity contribution in [2.75, 3.05) is 50.2 Å². The lowest BCUT2D eigenvalue weighted by Gasteiger charge is -2.31. The minimum absolute atomic E-state index is 0.0571. The van der Waals surface area contributed by atoms with E-state index in [1.165, 1.54) is 11.3 Å². The largest absolute Gasteiger partial charge is 0.497 e. The van der Waals surface area contributed by atoms with Crippen molar-refractivity contribution in [3.05, 3.63) is 23.8 Å². The van der Waals surface area contributed by atoms with Crippen molar-refractivity contribution >= 4 is 33.4 Å². The molecule has 0 spiro atoms. The van der Waals surface area contributed by atoms with E-state index in [0.717, 1.165) is 48.0 Å². The monoisotopic (exact) mass is 459 g/mol. The number of carbonyl (C=O) groups is 2. The summed E-state index contributed by atoms with van der Waals surface area (Å²) < 4.78 is 10.7. The van der Waals surface area contributed by atoms with Crippen LogP contribution in [0.15, 0.2) is 18.2 Å². The Kier molecular flexibility index (Phi) is 7.09. The first-order chi connectivity index (χ1) is 15.6. The van der Waals surface area contributed by atoms with Crippen molar-refractivity contribution in [1.82, 2.24) is 15.5 Å². The van der Waals surface area contributed by atoms with Gasteiger partial charge in [-0.25, -0.2) is 0 Å². The van der Waals surface area contributed by atoms with Gasteiger partial charge in [0.15, 0.2) is 0 Å². The first kappa shape index (κ1) is 22.3. The normalized spacial score (nSPS) is 18.7. The fourth-order valence-corrected chi connectivity index (χ4v) is 5.11. The first-order valence-corrected chi connectivity index (χ1v) is 11.8. The van der Waals surface area contributed by atoms with Crippen LogP contribution in [0.1, 0.15) is 31.2 Å². The Morgan fingerprint density at radius 3 is 2.78 bits per heavy atom. The summed E-state index contributed by atoms with van der Waals surface area (Å²) in [6.45, 7) is 2.70. The Labute approximate surface area is 191 Å². The summed E-state index contributed by atoms with van der Waals surface area (Å²) >= 11 is 1.43. The topological polar surface area (TPSA) is 96.9 Å². The van der Waals surface area contributed by atoms with Crippen LogP contribution in [0.2, 0.25) is 0 Å². The van der Waals surface area contributed by atoms with Crippen LogP contribution in [0.5, 0.6) is 11.5 Å². The number of nitrogens with zero attached hydrogens (tertiary/aromatic N) is 4. The molecule has 10 heteroatoms. The number of rotatable bonds is 8. The van der Waals surface area contributed by atoms with Crippen LogP contribution in [0.4, 0.5) is 10.3 Å². The van der Waals surface area contributed by atoms with Gasteiger partial charge in [-0.05, 0) is 37.3 Å². The van der Waals surface area contributed by atoms with Gasteiger partial charge < -0.3 is 19.7 Å². The van der Waals surface area contributed by atoms with Crippen molar-refractivity contribution in [2.24, 2.45) is 5.92 Å². The van der Waals surface area contributed by atoms with Gasteiger partial charge in [0.25, 0.3) is 0 Å². The maximum absolute atomic E-state index is 12.8. The molecule has 9 nitrogen and oxygen atoms in total. The summed E-state index contributed by atoms with van der Waals surface area (Å²) in [6, 6.07) is 5.71. The second kappa shape index (κ2) is 10.2. The zero-order chi connectivity index (χ0) is 22.5. The highest BCUT2D eigenvalue weighted by atomic mass is 32.1. The van der Waals surface area contributed by atoms with Gasteiger partial charge in [0.2, 0.25) is 22.1 Å². The maximum Gasteiger partial charge on any atom is 0.228 e.